The lowest BCUT2D eigenvalue weighted by atomic mass is 9.99. The first kappa shape index (κ1) is 35.0. The SMILES string of the molecule is CN(Cc1ccccc1)C[C@@H]1C[C@H](c2ccc(CO)cc2)O[C@H](c2ccc(-c3cccc(CNC(=O)CCCCCC(=O)O)c3)cc2)O1. The number of unbranched alkanes of at least 4 members (excludes halogenated alkanes) is 2. The van der Waals surface area contributed by atoms with E-state index < -0.39 is 12.3 Å². The predicted octanol–water partition coefficient (Wildman–Crippen LogP) is 7.17. The van der Waals surface area contributed by atoms with Crippen LogP contribution in [0.2, 0.25) is 0 Å². The zero-order valence-electron chi connectivity index (χ0n) is 27.6. The number of amides is 1. The van der Waals surface area contributed by atoms with Gasteiger partial charge in [0.05, 0.1) is 18.8 Å². The van der Waals surface area contributed by atoms with E-state index in [-0.39, 0.29) is 31.1 Å². The van der Waals surface area contributed by atoms with Crippen molar-refractivity contribution >= 4 is 11.9 Å². The Kier molecular flexibility index (Phi) is 12.9. The van der Waals surface area contributed by atoms with Gasteiger partial charge in [-0.3, -0.25) is 14.5 Å². The minimum atomic E-state index is -0.799. The summed E-state index contributed by atoms with van der Waals surface area (Å²) in [6.07, 6.45) is 2.54. The van der Waals surface area contributed by atoms with E-state index in [9.17, 15) is 14.7 Å². The van der Waals surface area contributed by atoms with Crippen molar-refractivity contribution in [2.45, 2.75) is 76.7 Å². The van der Waals surface area contributed by atoms with Gasteiger partial charge < -0.3 is 25.0 Å². The Morgan fingerprint density at radius 1 is 0.771 bits per heavy atom. The molecule has 0 unspecified atom stereocenters. The molecule has 1 amide bonds. The van der Waals surface area contributed by atoms with Gasteiger partial charge in [-0.05, 0) is 59.3 Å². The second-order valence-corrected chi connectivity index (χ2v) is 12.6. The number of likely N-dealkylation sites (N-methyl/N-ethyl adjacent to an activating group) is 1. The fraction of sp³-hybridized carbons (Fsp3) is 0.350. The normalized spacial score (nSPS) is 17.7. The third kappa shape index (κ3) is 10.6. The maximum absolute atomic E-state index is 12.3. The van der Waals surface area contributed by atoms with Gasteiger partial charge in [0.15, 0.2) is 6.29 Å². The second-order valence-electron chi connectivity index (χ2n) is 12.6. The molecule has 1 aliphatic rings. The van der Waals surface area contributed by atoms with Crippen LogP contribution in [0.3, 0.4) is 0 Å². The molecule has 1 saturated heterocycles. The minimum absolute atomic E-state index is 0.00587. The summed E-state index contributed by atoms with van der Waals surface area (Å²) < 4.78 is 13.1. The van der Waals surface area contributed by atoms with Crippen LogP contribution in [-0.4, -0.2) is 46.7 Å². The highest BCUT2D eigenvalue weighted by atomic mass is 16.7. The molecular formula is C40H46N2O6. The van der Waals surface area contributed by atoms with Crippen molar-refractivity contribution in [3.63, 3.8) is 0 Å². The van der Waals surface area contributed by atoms with E-state index in [1.165, 1.54) is 5.56 Å². The highest BCUT2D eigenvalue weighted by molar-refractivity contribution is 5.76. The molecule has 1 fully saturated rings. The molecule has 0 radical (unpaired) electrons. The number of carboxylic acid groups (broad SMARTS) is 1. The highest BCUT2D eigenvalue weighted by Crippen LogP contribution is 2.38. The summed E-state index contributed by atoms with van der Waals surface area (Å²) >= 11 is 0. The first-order valence-corrected chi connectivity index (χ1v) is 16.8. The number of aliphatic carboxylic acids is 1. The van der Waals surface area contributed by atoms with Crippen LogP contribution in [-0.2, 0) is 38.8 Å². The lowest BCUT2D eigenvalue weighted by Gasteiger charge is -2.38. The third-order valence-corrected chi connectivity index (χ3v) is 8.65. The average Bonchev–Trinajstić information content (AvgIpc) is 3.11. The molecule has 3 atom stereocenters. The van der Waals surface area contributed by atoms with Crippen LogP contribution in [0.25, 0.3) is 11.1 Å². The monoisotopic (exact) mass is 650 g/mol. The standard InChI is InChI=1S/C40H46N2O6/c1-42(26-29-9-4-2-5-10-29)27-36-24-37(33-17-15-30(28-43)16-18-33)48-40(47-36)34-21-19-32(20-22-34)35-12-8-11-31(23-35)25-41-38(44)13-6-3-7-14-39(45)46/h2,4-5,8-12,15-23,36-37,40,43H,3,6-7,13-14,24-28H2,1H3,(H,41,44)(H,45,46)/t36-,37+,40+/m0/s1. The van der Waals surface area contributed by atoms with Gasteiger partial charge in [-0.1, -0.05) is 103 Å². The number of carbonyl (C=O) groups is 2. The number of hydrogen-bond donors (Lipinski definition) is 3. The Hall–Kier alpha value is -4.34. The number of rotatable bonds is 16. The van der Waals surface area contributed by atoms with Crippen LogP contribution in [0, 0.1) is 0 Å². The number of carboxylic acids is 1. The van der Waals surface area contributed by atoms with E-state index in [4.69, 9.17) is 14.6 Å². The number of nitrogens with one attached hydrogen (secondary N) is 1. The van der Waals surface area contributed by atoms with Crippen LogP contribution in [0.5, 0.6) is 0 Å². The number of ether oxygens (including phenoxy) is 2. The predicted molar refractivity (Wildman–Crippen MR) is 186 cm³/mol. The van der Waals surface area contributed by atoms with Gasteiger partial charge in [0.1, 0.15) is 0 Å². The molecule has 5 rings (SSSR count). The van der Waals surface area contributed by atoms with Gasteiger partial charge in [0.25, 0.3) is 0 Å². The van der Waals surface area contributed by atoms with Crippen molar-refractivity contribution in [3.8, 4) is 11.1 Å². The first-order chi connectivity index (χ1) is 23.4. The molecule has 0 bridgehead atoms. The summed E-state index contributed by atoms with van der Waals surface area (Å²) in [7, 11) is 2.12. The number of aliphatic hydroxyl groups is 1. The van der Waals surface area contributed by atoms with Crippen molar-refractivity contribution in [1.29, 1.82) is 0 Å². The van der Waals surface area contributed by atoms with Crippen LogP contribution >= 0.6 is 0 Å². The Balaban J connectivity index is 1.22. The molecule has 8 heteroatoms. The molecule has 252 valence electrons. The lowest BCUT2D eigenvalue weighted by molar-refractivity contribution is -0.252. The lowest BCUT2D eigenvalue weighted by Crippen LogP contribution is -2.37. The number of carbonyl (C=O) groups excluding carboxylic acids is 1. The zero-order chi connectivity index (χ0) is 33.7. The van der Waals surface area contributed by atoms with Crippen LogP contribution in [0.4, 0.5) is 0 Å². The van der Waals surface area contributed by atoms with Gasteiger partial charge in [-0.25, -0.2) is 0 Å². The van der Waals surface area contributed by atoms with E-state index in [1.54, 1.807) is 0 Å². The van der Waals surface area contributed by atoms with Crippen molar-refractivity contribution in [2.24, 2.45) is 0 Å². The zero-order valence-corrected chi connectivity index (χ0v) is 27.6. The fourth-order valence-electron chi connectivity index (χ4n) is 6.06. The summed E-state index contributed by atoms with van der Waals surface area (Å²) in [6, 6.07) is 34.8. The summed E-state index contributed by atoms with van der Waals surface area (Å²) in [5, 5.41) is 21.3. The van der Waals surface area contributed by atoms with Crippen LogP contribution in [0.15, 0.2) is 103 Å². The summed E-state index contributed by atoms with van der Waals surface area (Å²) in [6.45, 7) is 2.02. The van der Waals surface area contributed by atoms with Gasteiger partial charge in [-0.15, -0.1) is 0 Å². The molecule has 4 aromatic rings. The summed E-state index contributed by atoms with van der Waals surface area (Å²) in [5.74, 6) is -0.827. The van der Waals surface area contributed by atoms with E-state index in [0.717, 1.165) is 59.3 Å². The Bertz CT molecular complexity index is 1590. The summed E-state index contributed by atoms with van der Waals surface area (Å²) in [4.78, 5) is 25.2. The van der Waals surface area contributed by atoms with Crippen LogP contribution < -0.4 is 5.32 Å². The molecule has 4 aromatic carbocycles. The molecule has 0 saturated carbocycles. The van der Waals surface area contributed by atoms with Crippen molar-refractivity contribution < 1.29 is 29.3 Å². The molecule has 0 aromatic heterocycles. The molecular weight excluding hydrogens is 604 g/mol. The number of aliphatic hydroxyl groups excluding tert-OH is 1. The first-order valence-electron chi connectivity index (χ1n) is 16.8. The molecule has 0 spiro atoms. The largest absolute Gasteiger partial charge is 0.481 e. The highest BCUT2D eigenvalue weighted by Gasteiger charge is 2.32. The van der Waals surface area contributed by atoms with E-state index in [1.807, 2.05) is 42.5 Å². The van der Waals surface area contributed by atoms with E-state index in [0.29, 0.717) is 25.8 Å². The number of hydrogen-bond acceptors (Lipinski definition) is 6. The third-order valence-electron chi connectivity index (χ3n) is 8.65. The molecule has 3 N–H and O–H groups in total. The van der Waals surface area contributed by atoms with Crippen molar-refractivity contribution in [1.82, 2.24) is 10.2 Å². The number of benzene rings is 4. The average molecular weight is 651 g/mol. The summed E-state index contributed by atoms with van der Waals surface area (Å²) in [5.41, 5.74) is 7.24. The minimum Gasteiger partial charge on any atom is -0.481 e. The van der Waals surface area contributed by atoms with Gasteiger partial charge in [0.2, 0.25) is 5.91 Å². The van der Waals surface area contributed by atoms with Crippen molar-refractivity contribution in [3.05, 3.63) is 131 Å². The Labute approximate surface area is 283 Å². The number of nitrogens with zero attached hydrogens (tertiary/aromatic N) is 1. The van der Waals surface area contributed by atoms with E-state index in [2.05, 4.69) is 77.9 Å². The van der Waals surface area contributed by atoms with Gasteiger partial charge >= 0.3 is 5.97 Å². The van der Waals surface area contributed by atoms with Crippen molar-refractivity contribution in [2.75, 3.05) is 13.6 Å². The maximum Gasteiger partial charge on any atom is 0.303 e. The van der Waals surface area contributed by atoms with Gasteiger partial charge in [0, 0.05) is 44.5 Å². The quantitative estimate of drug-likeness (QED) is 0.110. The Morgan fingerprint density at radius 3 is 2.21 bits per heavy atom. The molecule has 1 heterocycles. The maximum atomic E-state index is 12.3. The second kappa shape index (κ2) is 17.7. The topological polar surface area (TPSA) is 108 Å². The molecule has 0 aliphatic carbocycles. The molecule has 8 nitrogen and oxygen atoms in total. The van der Waals surface area contributed by atoms with Crippen LogP contribution in [0.1, 0.15) is 78.7 Å². The van der Waals surface area contributed by atoms with E-state index >= 15 is 0 Å². The fourth-order valence-corrected chi connectivity index (χ4v) is 6.06. The van der Waals surface area contributed by atoms with Gasteiger partial charge in [-0.2, -0.15) is 0 Å². The smallest absolute Gasteiger partial charge is 0.303 e. The molecule has 1 aliphatic heterocycles. The molecule has 48 heavy (non-hydrogen) atoms. The Morgan fingerprint density at radius 2 is 1.48 bits per heavy atom.